The standard InChI is InChI=1S/C20H20N2O3S2/c1-15(22-27(24,25)19-12-7-13-26-19)20(23)21-18-11-6-5-10-17(18)14-16-8-3-2-4-9-16/h2-13,15,22H,14H2,1H3,(H,21,23). The highest BCUT2D eigenvalue weighted by Crippen LogP contribution is 2.20. The maximum Gasteiger partial charge on any atom is 0.250 e. The van der Waals surface area contributed by atoms with Gasteiger partial charge in [0.15, 0.2) is 0 Å². The molecule has 0 aliphatic carbocycles. The lowest BCUT2D eigenvalue weighted by Crippen LogP contribution is -2.41. The van der Waals surface area contributed by atoms with Crippen LogP contribution in [0.1, 0.15) is 18.1 Å². The quantitative estimate of drug-likeness (QED) is 0.636. The van der Waals surface area contributed by atoms with Crippen LogP contribution >= 0.6 is 11.3 Å². The molecule has 0 fully saturated rings. The summed E-state index contributed by atoms with van der Waals surface area (Å²) < 4.78 is 27.2. The van der Waals surface area contributed by atoms with E-state index >= 15 is 0 Å². The van der Waals surface area contributed by atoms with Gasteiger partial charge in [-0.05, 0) is 42.0 Å². The first-order valence-electron chi connectivity index (χ1n) is 8.44. The lowest BCUT2D eigenvalue weighted by molar-refractivity contribution is -0.117. The molecule has 0 aliphatic heterocycles. The highest BCUT2D eigenvalue weighted by molar-refractivity contribution is 7.91. The Hall–Kier alpha value is -2.48. The Morgan fingerprint density at radius 2 is 1.70 bits per heavy atom. The number of benzene rings is 2. The van der Waals surface area contributed by atoms with Crippen LogP contribution in [0.4, 0.5) is 5.69 Å². The van der Waals surface area contributed by atoms with Crippen molar-refractivity contribution in [2.45, 2.75) is 23.6 Å². The molecule has 3 rings (SSSR count). The molecule has 0 radical (unpaired) electrons. The summed E-state index contributed by atoms with van der Waals surface area (Å²) in [4.78, 5) is 12.5. The molecule has 0 aliphatic rings. The summed E-state index contributed by atoms with van der Waals surface area (Å²) >= 11 is 1.11. The molecule has 7 heteroatoms. The highest BCUT2D eigenvalue weighted by atomic mass is 32.2. The third kappa shape index (κ3) is 5.03. The van der Waals surface area contributed by atoms with Crippen molar-refractivity contribution in [1.82, 2.24) is 4.72 Å². The molecule has 1 aromatic heterocycles. The van der Waals surface area contributed by atoms with E-state index in [1.54, 1.807) is 11.4 Å². The van der Waals surface area contributed by atoms with E-state index in [0.29, 0.717) is 12.1 Å². The van der Waals surface area contributed by atoms with Crippen LogP contribution in [-0.2, 0) is 21.2 Å². The lowest BCUT2D eigenvalue weighted by Gasteiger charge is -2.16. The van der Waals surface area contributed by atoms with Crippen molar-refractivity contribution < 1.29 is 13.2 Å². The van der Waals surface area contributed by atoms with E-state index < -0.39 is 22.0 Å². The maximum absolute atomic E-state index is 12.5. The molecule has 27 heavy (non-hydrogen) atoms. The maximum atomic E-state index is 12.5. The summed E-state index contributed by atoms with van der Waals surface area (Å²) in [6, 6.07) is 19.7. The van der Waals surface area contributed by atoms with E-state index in [2.05, 4.69) is 10.0 Å². The number of hydrogen-bond donors (Lipinski definition) is 2. The Morgan fingerprint density at radius 3 is 2.41 bits per heavy atom. The van der Waals surface area contributed by atoms with Crippen LogP contribution in [0.2, 0.25) is 0 Å². The third-order valence-electron chi connectivity index (χ3n) is 4.00. The zero-order valence-corrected chi connectivity index (χ0v) is 16.4. The zero-order chi connectivity index (χ0) is 19.3. The molecule has 2 N–H and O–H groups in total. The van der Waals surface area contributed by atoms with Crippen molar-refractivity contribution in [3.8, 4) is 0 Å². The Bertz CT molecular complexity index is 1000. The normalized spacial score (nSPS) is 12.5. The molecule has 5 nitrogen and oxygen atoms in total. The molecule has 1 unspecified atom stereocenters. The van der Waals surface area contributed by atoms with E-state index in [9.17, 15) is 13.2 Å². The van der Waals surface area contributed by atoms with Crippen molar-refractivity contribution in [2.75, 3.05) is 5.32 Å². The van der Waals surface area contributed by atoms with Crippen LogP contribution in [0.5, 0.6) is 0 Å². The molecule has 1 atom stereocenters. The largest absolute Gasteiger partial charge is 0.324 e. The van der Waals surface area contributed by atoms with Crippen LogP contribution in [-0.4, -0.2) is 20.4 Å². The zero-order valence-electron chi connectivity index (χ0n) is 14.8. The second-order valence-electron chi connectivity index (χ2n) is 6.08. The van der Waals surface area contributed by atoms with Gasteiger partial charge in [-0.3, -0.25) is 4.79 Å². The second kappa shape index (κ2) is 8.47. The van der Waals surface area contributed by atoms with Gasteiger partial charge in [-0.15, -0.1) is 11.3 Å². The fraction of sp³-hybridized carbons (Fsp3) is 0.150. The molecule has 0 bridgehead atoms. The molecule has 0 spiro atoms. The van der Waals surface area contributed by atoms with Crippen LogP contribution in [0.3, 0.4) is 0 Å². The third-order valence-corrected chi connectivity index (χ3v) is 6.94. The average molecular weight is 401 g/mol. The Morgan fingerprint density at radius 1 is 1.00 bits per heavy atom. The van der Waals surface area contributed by atoms with Crippen LogP contribution in [0, 0.1) is 0 Å². The van der Waals surface area contributed by atoms with E-state index in [4.69, 9.17) is 0 Å². The van der Waals surface area contributed by atoms with Crippen molar-refractivity contribution in [2.24, 2.45) is 0 Å². The van der Waals surface area contributed by atoms with Crippen molar-refractivity contribution in [3.63, 3.8) is 0 Å². The minimum absolute atomic E-state index is 0.187. The topological polar surface area (TPSA) is 75.3 Å². The summed E-state index contributed by atoms with van der Waals surface area (Å²) in [5.41, 5.74) is 2.77. The summed E-state index contributed by atoms with van der Waals surface area (Å²) in [6.07, 6.45) is 0.673. The van der Waals surface area contributed by atoms with E-state index in [-0.39, 0.29) is 4.21 Å². The summed E-state index contributed by atoms with van der Waals surface area (Å²) in [6.45, 7) is 1.53. The van der Waals surface area contributed by atoms with Crippen molar-refractivity contribution >= 4 is 33.0 Å². The Balaban J connectivity index is 1.71. The van der Waals surface area contributed by atoms with Gasteiger partial charge in [-0.2, -0.15) is 4.72 Å². The predicted octanol–water partition coefficient (Wildman–Crippen LogP) is 3.64. The number of sulfonamides is 1. The summed E-state index contributed by atoms with van der Waals surface area (Å²) in [7, 11) is -3.70. The number of hydrogen-bond acceptors (Lipinski definition) is 4. The van der Waals surface area contributed by atoms with Gasteiger partial charge in [-0.25, -0.2) is 8.42 Å². The van der Waals surface area contributed by atoms with E-state index in [1.165, 1.54) is 13.0 Å². The number of para-hydroxylation sites is 1. The number of nitrogens with one attached hydrogen (secondary N) is 2. The highest BCUT2D eigenvalue weighted by Gasteiger charge is 2.23. The van der Waals surface area contributed by atoms with Gasteiger partial charge in [0.25, 0.3) is 10.0 Å². The van der Waals surface area contributed by atoms with Crippen LogP contribution < -0.4 is 10.0 Å². The fourth-order valence-corrected chi connectivity index (χ4v) is 4.83. The summed E-state index contributed by atoms with van der Waals surface area (Å²) in [5.74, 6) is -0.407. The molecule has 1 amide bonds. The predicted molar refractivity (Wildman–Crippen MR) is 108 cm³/mol. The molecule has 1 heterocycles. The molecule has 0 saturated heterocycles. The molecular formula is C20H20N2O3S2. The molecule has 3 aromatic rings. The molecular weight excluding hydrogens is 380 g/mol. The van der Waals surface area contributed by atoms with Gasteiger partial charge in [-0.1, -0.05) is 54.6 Å². The average Bonchev–Trinajstić information content (AvgIpc) is 3.19. The van der Waals surface area contributed by atoms with Crippen LogP contribution in [0.15, 0.2) is 76.3 Å². The van der Waals surface area contributed by atoms with Gasteiger partial charge in [0.05, 0.1) is 6.04 Å². The van der Waals surface area contributed by atoms with Crippen molar-refractivity contribution in [3.05, 3.63) is 83.2 Å². The van der Waals surface area contributed by atoms with E-state index in [0.717, 1.165) is 22.5 Å². The number of amides is 1. The number of anilines is 1. The van der Waals surface area contributed by atoms with Gasteiger partial charge >= 0.3 is 0 Å². The monoisotopic (exact) mass is 400 g/mol. The van der Waals surface area contributed by atoms with Gasteiger partial charge in [0.2, 0.25) is 5.91 Å². The number of carbonyl (C=O) groups excluding carboxylic acids is 1. The minimum Gasteiger partial charge on any atom is -0.324 e. The fourth-order valence-electron chi connectivity index (χ4n) is 2.61. The first kappa shape index (κ1) is 19.3. The molecule has 140 valence electrons. The van der Waals surface area contributed by atoms with Gasteiger partial charge in [0, 0.05) is 5.69 Å². The SMILES string of the molecule is CC(NS(=O)(=O)c1cccs1)C(=O)Nc1ccccc1Cc1ccccc1. The number of carbonyl (C=O) groups is 1. The minimum atomic E-state index is -3.70. The molecule has 0 saturated carbocycles. The smallest absolute Gasteiger partial charge is 0.250 e. The van der Waals surface area contributed by atoms with E-state index in [1.807, 2.05) is 54.6 Å². The first-order chi connectivity index (χ1) is 13.0. The van der Waals surface area contributed by atoms with Gasteiger partial charge < -0.3 is 5.32 Å². The Kier molecular flexibility index (Phi) is 6.05. The first-order valence-corrected chi connectivity index (χ1v) is 10.8. The van der Waals surface area contributed by atoms with Crippen molar-refractivity contribution in [1.29, 1.82) is 0 Å². The number of rotatable bonds is 7. The molecule has 2 aromatic carbocycles. The summed E-state index contributed by atoms with van der Waals surface area (Å²) in [5, 5.41) is 4.52. The lowest BCUT2D eigenvalue weighted by atomic mass is 10.0. The van der Waals surface area contributed by atoms with Gasteiger partial charge in [0.1, 0.15) is 4.21 Å². The Labute approximate surface area is 163 Å². The second-order valence-corrected chi connectivity index (χ2v) is 8.97. The van der Waals surface area contributed by atoms with Crippen LogP contribution in [0.25, 0.3) is 0 Å². The number of thiophene rings is 1.